The third-order valence-electron chi connectivity index (χ3n) is 6.13. The maximum atomic E-state index is 6.44. The molecule has 0 atom stereocenters. The van der Waals surface area contributed by atoms with Crippen LogP contribution in [0.5, 0.6) is 0 Å². The van der Waals surface area contributed by atoms with Gasteiger partial charge in [0.25, 0.3) is 0 Å². The Kier molecular flexibility index (Phi) is 10.1. The normalized spacial score (nSPS) is 19.5. The van der Waals surface area contributed by atoms with E-state index in [1.165, 1.54) is 25.7 Å². The van der Waals surface area contributed by atoms with Crippen LogP contribution < -0.4 is 0 Å². The summed E-state index contributed by atoms with van der Waals surface area (Å²) in [5, 5.41) is 1.57. The Bertz CT molecular complexity index is 712. The van der Waals surface area contributed by atoms with Gasteiger partial charge in [0.1, 0.15) is 0 Å². The van der Waals surface area contributed by atoms with Gasteiger partial charge in [0.2, 0.25) is 0 Å². The number of halogens is 4. The van der Waals surface area contributed by atoms with Crippen LogP contribution in [0.4, 0.5) is 0 Å². The highest BCUT2D eigenvalue weighted by Gasteiger charge is 2.22. The van der Waals surface area contributed by atoms with E-state index < -0.39 is 0 Å². The Hall–Kier alpha value is -0.480. The van der Waals surface area contributed by atoms with Crippen molar-refractivity contribution in [3.05, 3.63) is 69.7 Å². The van der Waals surface area contributed by atoms with Crippen molar-refractivity contribution >= 4 is 46.8 Å². The fourth-order valence-corrected chi connectivity index (χ4v) is 5.08. The highest BCUT2D eigenvalue weighted by Crippen LogP contribution is 2.33. The molecule has 0 spiro atoms. The lowest BCUT2D eigenvalue weighted by Crippen LogP contribution is -2.22. The summed E-state index contributed by atoms with van der Waals surface area (Å²) in [5.41, 5.74) is 2.17. The van der Waals surface area contributed by atoms with Crippen molar-refractivity contribution in [1.29, 1.82) is 0 Å². The van der Waals surface area contributed by atoms with E-state index in [0.29, 0.717) is 13.1 Å². The zero-order valence-corrected chi connectivity index (χ0v) is 20.3. The molecule has 0 bridgehead atoms. The minimum absolute atomic E-state index is 0.688. The summed E-state index contributed by atoms with van der Waals surface area (Å²) in [6.07, 6.45) is 7.44. The Morgan fingerprint density at radius 3 is 1.37 bits per heavy atom. The lowest BCUT2D eigenvalue weighted by atomic mass is 9.79. The molecule has 1 saturated carbocycles. The Labute approximate surface area is 201 Å². The maximum absolute atomic E-state index is 6.44. The van der Waals surface area contributed by atoms with Gasteiger partial charge in [-0.3, -0.25) is 0 Å². The molecular weight excluding hydrogens is 458 g/mol. The van der Waals surface area contributed by atoms with Crippen molar-refractivity contribution in [2.45, 2.75) is 51.6 Å². The highest BCUT2D eigenvalue weighted by atomic mass is 35.5. The molecule has 3 rings (SSSR count). The van der Waals surface area contributed by atoms with Gasteiger partial charge in [-0.1, -0.05) is 85.3 Å². The monoisotopic (exact) mass is 486 g/mol. The minimum atomic E-state index is 0.688. The number of hydrogen-bond acceptors (Lipinski definition) is 2. The first kappa shape index (κ1) is 24.2. The molecule has 0 N–H and O–H groups in total. The average molecular weight is 488 g/mol. The van der Waals surface area contributed by atoms with Gasteiger partial charge in [-0.05, 0) is 71.5 Å². The van der Waals surface area contributed by atoms with E-state index >= 15 is 0 Å². The van der Waals surface area contributed by atoms with Crippen LogP contribution in [0.3, 0.4) is 0 Å². The predicted octanol–water partition coefficient (Wildman–Crippen LogP) is 8.19. The van der Waals surface area contributed by atoms with Crippen LogP contribution in [0.2, 0.25) is 10.0 Å². The first-order valence-electron chi connectivity index (χ1n) is 10.8. The molecule has 0 unspecified atom stereocenters. The van der Waals surface area contributed by atoms with Crippen LogP contribution >= 0.6 is 46.8 Å². The van der Waals surface area contributed by atoms with Gasteiger partial charge in [0, 0.05) is 36.2 Å². The lowest BCUT2D eigenvalue weighted by molar-refractivity contribution is 0.229. The van der Waals surface area contributed by atoms with E-state index in [9.17, 15) is 0 Å². The predicted molar refractivity (Wildman–Crippen MR) is 130 cm³/mol. The van der Waals surface area contributed by atoms with Crippen molar-refractivity contribution in [1.82, 2.24) is 8.84 Å². The van der Waals surface area contributed by atoms with Crippen LogP contribution in [0.25, 0.3) is 0 Å². The first-order chi connectivity index (χ1) is 14.5. The van der Waals surface area contributed by atoms with E-state index in [1.54, 1.807) is 0 Å². The van der Waals surface area contributed by atoms with E-state index in [2.05, 4.69) is 0 Å². The second-order valence-electron chi connectivity index (χ2n) is 8.34. The van der Waals surface area contributed by atoms with Gasteiger partial charge in [0.15, 0.2) is 0 Å². The van der Waals surface area contributed by atoms with Crippen LogP contribution in [-0.4, -0.2) is 21.9 Å². The van der Waals surface area contributed by atoms with E-state index in [-0.39, 0.29) is 0 Å². The molecule has 0 aliphatic heterocycles. The molecular formula is C24H30Cl4N2. The molecule has 2 aromatic carbocycles. The zero-order valence-electron chi connectivity index (χ0n) is 17.3. The second kappa shape index (κ2) is 12.5. The zero-order chi connectivity index (χ0) is 21.3. The molecule has 1 aliphatic carbocycles. The molecule has 164 valence electrons. The summed E-state index contributed by atoms with van der Waals surface area (Å²) in [7, 11) is 0. The molecule has 0 radical (unpaired) electrons. The Balaban J connectivity index is 1.31. The molecule has 2 nitrogen and oxygen atoms in total. The van der Waals surface area contributed by atoms with Gasteiger partial charge in [-0.15, -0.1) is 0 Å². The fraction of sp³-hybridized carbons (Fsp3) is 0.500. The van der Waals surface area contributed by atoms with Crippen molar-refractivity contribution in [2.75, 3.05) is 13.1 Å². The summed E-state index contributed by atoms with van der Waals surface area (Å²) in [6, 6.07) is 15.8. The first-order valence-corrected chi connectivity index (χ1v) is 12.2. The van der Waals surface area contributed by atoms with Gasteiger partial charge in [-0.25, -0.2) is 8.84 Å². The topological polar surface area (TPSA) is 6.48 Å². The van der Waals surface area contributed by atoms with Crippen molar-refractivity contribution in [3.8, 4) is 0 Å². The molecule has 2 aromatic rings. The highest BCUT2D eigenvalue weighted by molar-refractivity contribution is 6.31. The summed E-state index contributed by atoms with van der Waals surface area (Å²) in [5.74, 6) is 1.54. The molecule has 0 amide bonds. The smallest absolute Gasteiger partial charge is 0.0451 e. The minimum Gasteiger partial charge on any atom is -0.216 e. The molecule has 6 heteroatoms. The molecule has 0 aromatic heterocycles. The molecule has 1 aliphatic rings. The van der Waals surface area contributed by atoms with E-state index in [1.807, 2.05) is 57.4 Å². The van der Waals surface area contributed by atoms with Gasteiger partial charge >= 0.3 is 0 Å². The third kappa shape index (κ3) is 7.89. The Morgan fingerprint density at radius 2 is 1.00 bits per heavy atom. The number of nitrogens with zero attached hydrogens (tertiary/aromatic N) is 2. The van der Waals surface area contributed by atoms with Crippen LogP contribution in [0.15, 0.2) is 48.5 Å². The van der Waals surface area contributed by atoms with Gasteiger partial charge < -0.3 is 0 Å². The quantitative estimate of drug-likeness (QED) is 0.311. The standard InChI is InChI=1S/C24H30Cl4N2/c25-23-7-3-1-5-21(23)17-29(27)15-13-19-9-11-20(12-10-19)14-16-30(28)18-22-6-2-4-8-24(22)26/h1-8,19-20H,9-18H2. The third-order valence-corrected chi connectivity index (χ3v) is 7.44. The molecule has 0 saturated heterocycles. The van der Waals surface area contributed by atoms with Crippen LogP contribution in [0, 0.1) is 11.8 Å². The van der Waals surface area contributed by atoms with Crippen LogP contribution in [0.1, 0.15) is 49.7 Å². The number of rotatable bonds is 10. The maximum Gasteiger partial charge on any atom is 0.0451 e. The van der Waals surface area contributed by atoms with E-state index in [4.69, 9.17) is 46.8 Å². The van der Waals surface area contributed by atoms with Crippen LogP contribution in [-0.2, 0) is 13.1 Å². The van der Waals surface area contributed by atoms with Crippen molar-refractivity contribution < 1.29 is 0 Å². The number of benzene rings is 2. The second-order valence-corrected chi connectivity index (χ2v) is 10.1. The SMILES string of the molecule is Clc1ccccc1CN(Cl)CCC1CCC(CCN(Cl)Cc2ccccc2Cl)CC1. The summed E-state index contributed by atoms with van der Waals surface area (Å²) >= 11 is 25.4. The van der Waals surface area contributed by atoms with Crippen molar-refractivity contribution in [3.63, 3.8) is 0 Å². The van der Waals surface area contributed by atoms with Gasteiger partial charge in [-0.2, -0.15) is 0 Å². The lowest BCUT2D eigenvalue weighted by Gasteiger charge is -2.30. The average Bonchev–Trinajstić information content (AvgIpc) is 2.75. The summed E-state index contributed by atoms with van der Waals surface area (Å²) < 4.78 is 3.74. The van der Waals surface area contributed by atoms with E-state index in [0.717, 1.165) is 58.9 Å². The fourth-order valence-electron chi connectivity index (χ4n) is 4.24. The summed E-state index contributed by atoms with van der Waals surface area (Å²) in [6.45, 7) is 3.17. The largest absolute Gasteiger partial charge is 0.216 e. The number of hydrogen-bond donors (Lipinski definition) is 0. The Morgan fingerprint density at radius 1 is 0.633 bits per heavy atom. The summed E-state index contributed by atoms with van der Waals surface area (Å²) in [4.78, 5) is 0. The molecule has 1 fully saturated rings. The van der Waals surface area contributed by atoms with Gasteiger partial charge in [0.05, 0.1) is 0 Å². The van der Waals surface area contributed by atoms with Crippen molar-refractivity contribution in [2.24, 2.45) is 11.8 Å². The molecule has 0 heterocycles. The molecule has 30 heavy (non-hydrogen) atoms.